The van der Waals surface area contributed by atoms with E-state index in [0.29, 0.717) is 6.54 Å². The molecule has 1 aliphatic heterocycles. The minimum absolute atomic E-state index is 0.0977. The number of nitrogens with zero attached hydrogens (tertiary/aromatic N) is 2. The Morgan fingerprint density at radius 1 is 1.32 bits per heavy atom. The van der Waals surface area contributed by atoms with Gasteiger partial charge < -0.3 is 20.4 Å². The smallest absolute Gasteiger partial charge is 0.226 e. The van der Waals surface area contributed by atoms with E-state index in [1.807, 2.05) is 29.2 Å². The molecule has 0 bridgehead atoms. The molecule has 4 rings (SSSR count). The Balaban J connectivity index is 1.49. The number of benzene rings is 1. The summed E-state index contributed by atoms with van der Waals surface area (Å²) in [4.78, 5) is 22.8. The molecule has 6 heteroatoms. The van der Waals surface area contributed by atoms with Crippen LogP contribution in [0.5, 0.6) is 5.75 Å². The number of H-pyrrole nitrogens is 1. The maximum absolute atomic E-state index is 12.7. The first-order valence-electron chi connectivity index (χ1n) is 8.90. The third-order valence-electron chi connectivity index (χ3n) is 5.33. The zero-order valence-electron chi connectivity index (χ0n) is 14.5. The van der Waals surface area contributed by atoms with Crippen molar-refractivity contribution in [1.29, 1.82) is 0 Å². The zero-order chi connectivity index (χ0) is 17.4. The highest BCUT2D eigenvalue weighted by Gasteiger charge is 2.33. The molecule has 0 radical (unpaired) electrons. The molecule has 2 aliphatic rings. The molecular formula is C19H24N4O2. The van der Waals surface area contributed by atoms with E-state index in [4.69, 9.17) is 15.5 Å². The number of hydrogen-bond acceptors (Lipinski definition) is 4. The van der Waals surface area contributed by atoms with E-state index in [1.165, 1.54) is 0 Å². The predicted molar refractivity (Wildman–Crippen MR) is 95.0 cm³/mol. The first-order chi connectivity index (χ1) is 12.1. The van der Waals surface area contributed by atoms with Crippen LogP contribution in [-0.4, -0.2) is 40.5 Å². The first kappa shape index (κ1) is 16.1. The van der Waals surface area contributed by atoms with E-state index in [0.717, 1.165) is 60.8 Å². The fourth-order valence-electron chi connectivity index (χ4n) is 3.87. The lowest BCUT2D eigenvalue weighted by Gasteiger charge is -2.28. The van der Waals surface area contributed by atoms with Crippen molar-refractivity contribution in [2.45, 2.75) is 38.3 Å². The van der Waals surface area contributed by atoms with Gasteiger partial charge in [0.15, 0.2) is 0 Å². The summed E-state index contributed by atoms with van der Waals surface area (Å²) in [6.45, 7) is 1.35. The molecule has 2 heterocycles. The fourth-order valence-corrected chi connectivity index (χ4v) is 3.87. The van der Waals surface area contributed by atoms with E-state index < -0.39 is 0 Å². The molecular weight excluding hydrogens is 316 g/mol. The molecule has 0 saturated heterocycles. The van der Waals surface area contributed by atoms with Gasteiger partial charge in [-0.1, -0.05) is 0 Å². The van der Waals surface area contributed by atoms with Gasteiger partial charge in [-0.3, -0.25) is 4.79 Å². The van der Waals surface area contributed by atoms with E-state index in [1.54, 1.807) is 7.11 Å². The topological polar surface area (TPSA) is 84.2 Å². The molecule has 0 unspecified atom stereocenters. The van der Waals surface area contributed by atoms with Crippen LogP contribution < -0.4 is 10.5 Å². The number of aromatic nitrogens is 2. The Bertz CT molecular complexity index is 768. The highest BCUT2D eigenvalue weighted by atomic mass is 16.5. The lowest BCUT2D eigenvalue weighted by molar-refractivity contribution is -0.136. The summed E-state index contributed by atoms with van der Waals surface area (Å²) in [5.41, 5.74) is 9.10. The van der Waals surface area contributed by atoms with Crippen LogP contribution in [0.1, 0.15) is 30.7 Å². The summed E-state index contributed by atoms with van der Waals surface area (Å²) in [7, 11) is 1.66. The largest absolute Gasteiger partial charge is 0.497 e. The summed E-state index contributed by atoms with van der Waals surface area (Å²) < 4.78 is 5.20. The van der Waals surface area contributed by atoms with Crippen molar-refractivity contribution >= 4 is 5.91 Å². The molecule has 2 atom stereocenters. The fraction of sp³-hybridized carbons (Fsp3) is 0.474. The number of amides is 1. The van der Waals surface area contributed by atoms with Gasteiger partial charge in [0.2, 0.25) is 5.91 Å². The van der Waals surface area contributed by atoms with E-state index >= 15 is 0 Å². The minimum atomic E-state index is 0.0977. The standard InChI is InChI=1S/C19H24N4O2/c1-25-15-6-3-12(4-7-15)18-21-16-8-9-23(11-17(16)22-18)19(24)13-2-5-14(20)10-13/h3-4,6-7,13-14H,2,5,8-11,20H2,1H3,(H,21,22)/t13-,14+/m1/s1. The van der Waals surface area contributed by atoms with Gasteiger partial charge in [-0.15, -0.1) is 0 Å². The molecule has 6 nitrogen and oxygen atoms in total. The van der Waals surface area contributed by atoms with Crippen molar-refractivity contribution in [3.8, 4) is 17.1 Å². The third kappa shape index (κ3) is 3.14. The molecule has 0 spiro atoms. The van der Waals surface area contributed by atoms with Crippen molar-refractivity contribution in [3.05, 3.63) is 35.7 Å². The van der Waals surface area contributed by atoms with Crippen LogP contribution in [0.4, 0.5) is 0 Å². The second-order valence-electron chi connectivity index (χ2n) is 7.02. The number of rotatable bonds is 3. The van der Waals surface area contributed by atoms with Gasteiger partial charge in [0.05, 0.1) is 25.0 Å². The normalized spacial score (nSPS) is 22.7. The molecule has 1 aromatic carbocycles. The summed E-state index contributed by atoms with van der Waals surface area (Å²) in [5, 5.41) is 0. The van der Waals surface area contributed by atoms with Crippen LogP contribution in [0.25, 0.3) is 11.4 Å². The number of ether oxygens (including phenoxy) is 1. The molecule has 1 aromatic heterocycles. The Hall–Kier alpha value is -2.34. The van der Waals surface area contributed by atoms with Gasteiger partial charge in [0, 0.05) is 30.5 Å². The number of nitrogens with one attached hydrogen (secondary N) is 1. The highest BCUT2D eigenvalue weighted by Crippen LogP contribution is 2.29. The van der Waals surface area contributed by atoms with Gasteiger partial charge in [-0.25, -0.2) is 4.98 Å². The van der Waals surface area contributed by atoms with Crippen LogP contribution in [0.15, 0.2) is 24.3 Å². The highest BCUT2D eigenvalue weighted by molar-refractivity contribution is 5.79. The molecule has 1 amide bonds. The molecule has 25 heavy (non-hydrogen) atoms. The Morgan fingerprint density at radius 2 is 2.12 bits per heavy atom. The quantitative estimate of drug-likeness (QED) is 0.896. The average molecular weight is 340 g/mol. The van der Waals surface area contributed by atoms with E-state index in [-0.39, 0.29) is 17.9 Å². The number of aromatic amines is 1. The van der Waals surface area contributed by atoms with Crippen molar-refractivity contribution in [1.82, 2.24) is 14.9 Å². The number of fused-ring (bicyclic) bond motifs is 1. The van der Waals surface area contributed by atoms with E-state index in [2.05, 4.69) is 4.98 Å². The van der Waals surface area contributed by atoms with Crippen LogP contribution in [0.2, 0.25) is 0 Å². The minimum Gasteiger partial charge on any atom is -0.497 e. The van der Waals surface area contributed by atoms with Crippen molar-refractivity contribution in [2.24, 2.45) is 11.7 Å². The number of methoxy groups -OCH3 is 1. The van der Waals surface area contributed by atoms with Crippen molar-refractivity contribution in [3.63, 3.8) is 0 Å². The number of carbonyl (C=O) groups excluding carboxylic acids is 1. The molecule has 3 N–H and O–H groups in total. The van der Waals surface area contributed by atoms with Gasteiger partial charge in [0.1, 0.15) is 11.6 Å². The summed E-state index contributed by atoms with van der Waals surface area (Å²) in [5.74, 6) is 2.02. The van der Waals surface area contributed by atoms with E-state index in [9.17, 15) is 4.79 Å². The number of nitrogens with two attached hydrogens (primary N) is 1. The van der Waals surface area contributed by atoms with Crippen molar-refractivity contribution < 1.29 is 9.53 Å². The molecule has 2 aromatic rings. The lowest BCUT2D eigenvalue weighted by atomic mass is 10.0. The SMILES string of the molecule is COc1ccc(-c2nc3c([nH]2)CN(C(=O)[C@@H]2CC[C@H](N)C2)CC3)cc1. The molecule has 1 aliphatic carbocycles. The maximum atomic E-state index is 12.7. The molecule has 1 fully saturated rings. The Kier molecular flexibility index (Phi) is 4.21. The predicted octanol–water partition coefficient (Wildman–Crippen LogP) is 2.10. The summed E-state index contributed by atoms with van der Waals surface area (Å²) in [6.07, 6.45) is 3.50. The van der Waals surface area contributed by atoms with Crippen molar-refractivity contribution in [2.75, 3.05) is 13.7 Å². The van der Waals surface area contributed by atoms with Crippen LogP contribution in [-0.2, 0) is 17.8 Å². The summed E-state index contributed by atoms with van der Waals surface area (Å²) in [6, 6.07) is 8.02. The first-order valence-corrected chi connectivity index (χ1v) is 8.90. The Labute approximate surface area is 147 Å². The van der Waals surface area contributed by atoms with Crippen LogP contribution in [0, 0.1) is 5.92 Å². The number of hydrogen-bond donors (Lipinski definition) is 2. The third-order valence-corrected chi connectivity index (χ3v) is 5.33. The zero-order valence-corrected chi connectivity index (χ0v) is 14.5. The molecule has 132 valence electrons. The lowest BCUT2D eigenvalue weighted by Crippen LogP contribution is -2.39. The van der Waals surface area contributed by atoms with Crippen LogP contribution >= 0.6 is 0 Å². The second kappa shape index (κ2) is 6.52. The maximum Gasteiger partial charge on any atom is 0.226 e. The average Bonchev–Trinajstić information content (AvgIpc) is 3.26. The second-order valence-corrected chi connectivity index (χ2v) is 7.02. The van der Waals surface area contributed by atoms with Gasteiger partial charge in [-0.05, 0) is 43.5 Å². The molecule has 1 saturated carbocycles. The number of carbonyl (C=O) groups is 1. The van der Waals surface area contributed by atoms with Gasteiger partial charge in [0.25, 0.3) is 0 Å². The Morgan fingerprint density at radius 3 is 2.80 bits per heavy atom. The van der Waals surface area contributed by atoms with Crippen LogP contribution in [0.3, 0.4) is 0 Å². The number of imidazole rings is 1. The van der Waals surface area contributed by atoms with Gasteiger partial charge >= 0.3 is 0 Å². The summed E-state index contributed by atoms with van der Waals surface area (Å²) >= 11 is 0. The monoisotopic (exact) mass is 340 g/mol. The van der Waals surface area contributed by atoms with Gasteiger partial charge in [-0.2, -0.15) is 0 Å².